The maximum atomic E-state index is 11.8. The Morgan fingerprint density at radius 1 is 1.00 bits per heavy atom. The molecule has 2 N–H and O–H groups in total. The Bertz CT molecular complexity index is 866. The van der Waals surface area contributed by atoms with E-state index in [1.54, 1.807) is 42.7 Å². The first-order valence-electron chi connectivity index (χ1n) is 8.53. The minimum absolute atomic E-state index is 0.0550. The second-order valence-electron chi connectivity index (χ2n) is 5.45. The van der Waals surface area contributed by atoms with Crippen LogP contribution in [0.4, 0.5) is 0 Å². The molecule has 2 aromatic rings. The molecule has 148 valence electrons. The number of aromatic amines is 2. The van der Waals surface area contributed by atoms with Crippen molar-refractivity contribution in [2.45, 2.75) is 0 Å². The molecule has 0 saturated carbocycles. The van der Waals surface area contributed by atoms with Crippen molar-refractivity contribution in [1.82, 2.24) is 9.97 Å². The summed E-state index contributed by atoms with van der Waals surface area (Å²) in [6, 6.07) is 8.69. The summed E-state index contributed by atoms with van der Waals surface area (Å²) in [7, 11) is 0. The van der Waals surface area contributed by atoms with E-state index in [1.165, 1.54) is 12.2 Å². The minimum Gasteiger partial charge on any atom is -0.468 e. The van der Waals surface area contributed by atoms with E-state index in [4.69, 9.17) is 26.0 Å². The van der Waals surface area contributed by atoms with Crippen LogP contribution in [0.1, 0.15) is 11.4 Å². The van der Waals surface area contributed by atoms with Crippen molar-refractivity contribution in [3.8, 4) is 6.07 Å². The van der Waals surface area contributed by atoms with Crippen LogP contribution in [-0.4, -0.2) is 48.3 Å². The molecule has 0 bridgehead atoms. The molecule has 29 heavy (non-hydrogen) atoms. The molecule has 0 aromatic carbocycles. The van der Waals surface area contributed by atoms with E-state index in [0.29, 0.717) is 11.4 Å². The molecule has 2 rings (SSSR count). The molecule has 0 fully saturated rings. The number of nitrogens with zero attached hydrogens (tertiary/aromatic N) is 2. The van der Waals surface area contributed by atoms with E-state index in [2.05, 4.69) is 14.8 Å². The molecule has 0 aliphatic carbocycles. The summed E-state index contributed by atoms with van der Waals surface area (Å²) < 4.78 is 15.1. The van der Waals surface area contributed by atoms with Crippen LogP contribution in [0.2, 0.25) is 0 Å². The van der Waals surface area contributed by atoms with Gasteiger partial charge in [0.15, 0.2) is 0 Å². The summed E-state index contributed by atoms with van der Waals surface area (Å²) in [6.07, 6.45) is 6.13. The van der Waals surface area contributed by atoms with E-state index in [-0.39, 0.29) is 37.7 Å². The number of carbonyl (C=O) groups is 2. The van der Waals surface area contributed by atoms with E-state index in [9.17, 15) is 9.59 Å². The fourth-order valence-electron chi connectivity index (χ4n) is 2.08. The highest BCUT2D eigenvalue weighted by atomic mass is 16.6. The van der Waals surface area contributed by atoms with Gasteiger partial charge in [-0.25, -0.2) is 9.64 Å². The smallest absolute Gasteiger partial charge is 0.349 e. The fourth-order valence-corrected chi connectivity index (χ4v) is 2.08. The number of hydrogen-bond acceptors (Lipinski definition) is 6. The molecule has 0 radical (unpaired) electrons. The number of rotatable bonds is 10. The zero-order chi connectivity index (χ0) is 20.9. The maximum Gasteiger partial charge on any atom is 0.349 e. The topological polar surface area (TPSA) is 122 Å². The van der Waals surface area contributed by atoms with Gasteiger partial charge in [-0.1, -0.05) is 0 Å². The number of aromatic nitrogens is 2. The Morgan fingerprint density at radius 3 is 2.10 bits per heavy atom. The molecular formula is C20H18N4O5. The van der Waals surface area contributed by atoms with Gasteiger partial charge in [0.05, 0.1) is 19.8 Å². The molecular weight excluding hydrogens is 376 g/mol. The number of nitrogens with one attached hydrogen (secondary N) is 2. The van der Waals surface area contributed by atoms with Gasteiger partial charge in [-0.05, 0) is 36.4 Å². The average molecular weight is 394 g/mol. The standard InChI is InChI=1S/C20H18N4O5/c1-22-18(13-17-5-3-7-24-17)20(26)29-11-9-27-8-10-28-19(25)15(14-21)12-16-4-2-6-23-16/h2-7,12-13,23-24H,8-11H2. The normalized spacial score (nSPS) is 11.4. The number of H-pyrrole nitrogens is 2. The van der Waals surface area contributed by atoms with Crippen LogP contribution in [0.5, 0.6) is 0 Å². The van der Waals surface area contributed by atoms with Gasteiger partial charge in [-0.3, -0.25) is 4.79 Å². The van der Waals surface area contributed by atoms with Crippen molar-refractivity contribution in [3.05, 3.63) is 70.7 Å². The maximum absolute atomic E-state index is 11.8. The van der Waals surface area contributed by atoms with Gasteiger partial charge in [0.2, 0.25) is 0 Å². The molecule has 0 saturated heterocycles. The monoisotopic (exact) mass is 394 g/mol. The van der Waals surface area contributed by atoms with Crippen molar-refractivity contribution in [2.75, 3.05) is 26.4 Å². The van der Waals surface area contributed by atoms with Crippen LogP contribution in [0, 0.1) is 17.9 Å². The van der Waals surface area contributed by atoms with Crippen molar-refractivity contribution >= 4 is 24.1 Å². The van der Waals surface area contributed by atoms with Gasteiger partial charge in [0.25, 0.3) is 5.70 Å². The van der Waals surface area contributed by atoms with Gasteiger partial charge in [0.1, 0.15) is 24.9 Å². The number of hydrogen-bond donors (Lipinski definition) is 2. The number of carbonyl (C=O) groups excluding carboxylic acids is 2. The Hall–Kier alpha value is -4.08. The summed E-state index contributed by atoms with van der Waals surface area (Å²) in [5, 5.41) is 9.03. The largest absolute Gasteiger partial charge is 0.468 e. The lowest BCUT2D eigenvalue weighted by atomic mass is 10.2. The molecule has 9 nitrogen and oxygen atoms in total. The van der Waals surface area contributed by atoms with Gasteiger partial charge in [0, 0.05) is 23.8 Å². The van der Waals surface area contributed by atoms with Crippen molar-refractivity contribution in [3.63, 3.8) is 0 Å². The van der Waals surface area contributed by atoms with E-state index in [1.807, 2.05) is 0 Å². The van der Waals surface area contributed by atoms with Crippen molar-refractivity contribution in [1.29, 1.82) is 5.26 Å². The van der Waals surface area contributed by atoms with Crippen LogP contribution in [0.15, 0.2) is 47.9 Å². The summed E-state index contributed by atoms with van der Waals surface area (Å²) in [5.41, 5.74) is 0.940. The summed E-state index contributed by atoms with van der Waals surface area (Å²) in [5.74, 6) is -1.51. The van der Waals surface area contributed by atoms with E-state index >= 15 is 0 Å². The first-order valence-corrected chi connectivity index (χ1v) is 8.53. The predicted molar refractivity (Wildman–Crippen MR) is 102 cm³/mol. The first kappa shape index (κ1) is 21.2. The zero-order valence-electron chi connectivity index (χ0n) is 15.4. The third kappa shape index (κ3) is 7.21. The highest BCUT2D eigenvalue weighted by Gasteiger charge is 2.12. The highest BCUT2D eigenvalue weighted by Crippen LogP contribution is 2.08. The molecule has 0 aliphatic heterocycles. The Kier molecular flexibility index (Phi) is 8.49. The molecule has 9 heteroatoms. The SMILES string of the molecule is [C-]#[N+]C(=Cc1ccc[nH]1)C(=O)OCCOCCOC(=O)C(C#N)=Cc1ccc[nH]1. The zero-order valence-corrected chi connectivity index (χ0v) is 15.4. The lowest BCUT2D eigenvalue weighted by Gasteiger charge is -2.06. The number of nitriles is 1. The average Bonchev–Trinajstić information content (AvgIpc) is 3.43. The first-order chi connectivity index (χ1) is 14.1. The molecule has 0 atom stereocenters. The molecule has 0 amide bonds. The van der Waals surface area contributed by atoms with Gasteiger partial charge in [-0.15, -0.1) is 0 Å². The van der Waals surface area contributed by atoms with E-state index in [0.717, 1.165) is 0 Å². The third-order valence-electron chi connectivity index (χ3n) is 3.43. The van der Waals surface area contributed by atoms with Crippen molar-refractivity contribution < 1.29 is 23.8 Å². The van der Waals surface area contributed by atoms with E-state index < -0.39 is 11.9 Å². The summed E-state index contributed by atoms with van der Waals surface area (Å²) in [4.78, 5) is 32.5. The second kappa shape index (κ2) is 11.6. The lowest BCUT2D eigenvalue weighted by molar-refractivity contribution is -0.141. The Morgan fingerprint density at radius 2 is 1.59 bits per heavy atom. The number of ether oxygens (including phenoxy) is 3. The molecule has 0 unspecified atom stereocenters. The molecule has 0 aliphatic rings. The van der Waals surface area contributed by atoms with Gasteiger partial charge < -0.3 is 24.2 Å². The van der Waals surface area contributed by atoms with Crippen LogP contribution < -0.4 is 0 Å². The van der Waals surface area contributed by atoms with Crippen LogP contribution in [0.3, 0.4) is 0 Å². The minimum atomic E-state index is -0.756. The quantitative estimate of drug-likeness (QED) is 0.210. The third-order valence-corrected chi connectivity index (χ3v) is 3.43. The molecule has 0 spiro atoms. The number of esters is 2. The summed E-state index contributed by atoms with van der Waals surface area (Å²) >= 11 is 0. The second-order valence-corrected chi connectivity index (χ2v) is 5.45. The van der Waals surface area contributed by atoms with Gasteiger partial charge in [-0.2, -0.15) is 5.26 Å². The molecule has 2 aromatic heterocycles. The highest BCUT2D eigenvalue weighted by molar-refractivity contribution is 5.97. The lowest BCUT2D eigenvalue weighted by Crippen LogP contribution is -2.15. The predicted octanol–water partition coefficient (Wildman–Crippen LogP) is 2.31. The van der Waals surface area contributed by atoms with Crippen LogP contribution in [0.25, 0.3) is 17.0 Å². The molecule has 2 heterocycles. The van der Waals surface area contributed by atoms with Crippen LogP contribution in [-0.2, 0) is 23.8 Å². The summed E-state index contributed by atoms with van der Waals surface area (Å²) in [6.45, 7) is 7.07. The van der Waals surface area contributed by atoms with Crippen molar-refractivity contribution in [2.24, 2.45) is 0 Å². The van der Waals surface area contributed by atoms with Gasteiger partial charge >= 0.3 is 11.9 Å². The van der Waals surface area contributed by atoms with Crippen LogP contribution >= 0.6 is 0 Å². The fraction of sp³-hybridized carbons (Fsp3) is 0.200. The Balaban J connectivity index is 1.63. The Labute approximate surface area is 167 Å².